The molecule has 1 fully saturated rings. The van der Waals surface area contributed by atoms with Gasteiger partial charge in [-0.25, -0.2) is 0 Å². The summed E-state index contributed by atoms with van der Waals surface area (Å²) in [6.07, 6.45) is 0. The van der Waals surface area contributed by atoms with Gasteiger partial charge in [0.05, 0.1) is 13.1 Å². The number of rotatable bonds is 0. The lowest BCUT2D eigenvalue weighted by Gasteiger charge is -2.24. The van der Waals surface area contributed by atoms with Gasteiger partial charge in [-0.1, -0.05) is 32.2 Å². The van der Waals surface area contributed by atoms with E-state index < -0.39 is 5.91 Å². The first kappa shape index (κ1) is 14.9. The third-order valence-electron chi connectivity index (χ3n) is 1.35. The molecule has 13 heavy (non-hydrogen) atoms. The fourth-order valence-corrected chi connectivity index (χ4v) is 0.770. The molecule has 1 heterocycles. The molecule has 0 spiro atoms. The summed E-state index contributed by atoms with van der Waals surface area (Å²) in [5.74, 6) is -0.441. The third kappa shape index (κ3) is 6.51. The third-order valence-corrected chi connectivity index (χ3v) is 1.35. The lowest BCUT2D eigenvalue weighted by atomic mass is 10.4. The predicted molar refractivity (Wildman–Crippen MR) is 53.0 cm³/mol. The van der Waals surface area contributed by atoms with Gasteiger partial charge in [-0.3, -0.25) is 9.69 Å². The highest BCUT2D eigenvalue weighted by atomic mass is 19.2. The summed E-state index contributed by atoms with van der Waals surface area (Å²) in [6, 6.07) is 0. The van der Waals surface area contributed by atoms with E-state index in [9.17, 15) is 9.28 Å². The summed E-state index contributed by atoms with van der Waals surface area (Å²) in [5, 5.41) is 0.264. The Bertz CT molecular complexity index is 131. The van der Waals surface area contributed by atoms with Crippen LogP contribution in [0.15, 0.2) is 0 Å². The quantitative estimate of drug-likeness (QED) is 0.545. The molecule has 4 heteroatoms. The van der Waals surface area contributed by atoms with Gasteiger partial charge < -0.3 is 0 Å². The highest BCUT2D eigenvalue weighted by Crippen LogP contribution is 1.99. The van der Waals surface area contributed by atoms with E-state index >= 15 is 0 Å². The van der Waals surface area contributed by atoms with Crippen molar-refractivity contribution < 1.29 is 9.28 Å². The van der Waals surface area contributed by atoms with Gasteiger partial charge in [0.25, 0.3) is 5.91 Å². The van der Waals surface area contributed by atoms with Crippen molar-refractivity contribution >= 4 is 5.91 Å². The molecule has 3 nitrogen and oxygen atoms in total. The lowest BCUT2D eigenvalue weighted by molar-refractivity contribution is -0.152. The molecule has 1 amide bonds. The molecule has 80 valence electrons. The average molecular weight is 192 g/mol. The largest absolute Gasteiger partial charge is 0.296 e. The molecule has 0 aromatic carbocycles. The Morgan fingerprint density at radius 3 is 1.92 bits per heavy atom. The first-order valence-corrected chi connectivity index (χ1v) is 4.85. The fraction of sp³-hybridized carbons (Fsp3) is 0.889. The van der Waals surface area contributed by atoms with E-state index in [1.165, 1.54) is 0 Å². The number of carbonyl (C=O) groups excluding carboxylic acids is 1. The Kier molecular flexibility index (Phi) is 10.8. The number of hydrogen-bond acceptors (Lipinski definition) is 2. The minimum atomic E-state index is -0.441. The summed E-state index contributed by atoms with van der Waals surface area (Å²) >= 11 is 0. The van der Waals surface area contributed by atoms with Crippen LogP contribution in [0.25, 0.3) is 0 Å². The van der Waals surface area contributed by atoms with E-state index in [0.29, 0.717) is 6.54 Å². The van der Waals surface area contributed by atoms with E-state index in [1.54, 1.807) is 11.9 Å². The zero-order chi connectivity index (χ0) is 10.9. The second-order valence-electron chi connectivity index (χ2n) is 2.22. The van der Waals surface area contributed by atoms with E-state index in [0.717, 1.165) is 0 Å². The molecular formula is C9H21FN2O. The summed E-state index contributed by atoms with van der Waals surface area (Å²) in [6.45, 7) is 9.04. The van der Waals surface area contributed by atoms with E-state index in [2.05, 4.69) is 0 Å². The van der Waals surface area contributed by atoms with Gasteiger partial charge >= 0.3 is 0 Å². The molecule has 0 bridgehead atoms. The van der Waals surface area contributed by atoms with E-state index in [-0.39, 0.29) is 18.2 Å². The molecule has 1 aliphatic rings. The summed E-state index contributed by atoms with van der Waals surface area (Å²) in [5.41, 5.74) is 0. The van der Waals surface area contributed by atoms with Gasteiger partial charge in [0.2, 0.25) is 0 Å². The van der Waals surface area contributed by atoms with Crippen molar-refractivity contribution in [2.45, 2.75) is 27.7 Å². The molecular weight excluding hydrogens is 171 g/mol. The van der Waals surface area contributed by atoms with Gasteiger partial charge in [-0.05, 0) is 7.05 Å². The molecule has 0 aromatic rings. The monoisotopic (exact) mass is 192 g/mol. The summed E-state index contributed by atoms with van der Waals surface area (Å²) < 4.78 is 12.2. The lowest BCUT2D eigenvalue weighted by Crippen LogP contribution is -2.44. The first-order valence-electron chi connectivity index (χ1n) is 4.85. The minimum Gasteiger partial charge on any atom is -0.296 e. The molecule has 1 rings (SSSR count). The molecule has 0 radical (unpaired) electrons. The minimum absolute atomic E-state index is 0.204. The van der Waals surface area contributed by atoms with Crippen molar-refractivity contribution in [1.29, 1.82) is 0 Å². The standard InChI is InChI=1S/C5H9FN2O.2C2H6/c1-7-2-3-8(6)5(9)4-7;2*1-2/h2-4H2,1H3;2*1-2H3. The smallest absolute Gasteiger partial charge is 0.264 e. The molecule has 0 saturated carbocycles. The van der Waals surface area contributed by atoms with E-state index in [4.69, 9.17) is 0 Å². The van der Waals surface area contributed by atoms with Crippen LogP contribution in [-0.2, 0) is 4.79 Å². The molecule has 1 saturated heterocycles. The maximum atomic E-state index is 12.2. The zero-order valence-electron chi connectivity index (χ0n) is 9.30. The Morgan fingerprint density at radius 1 is 1.15 bits per heavy atom. The fourth-order valence-electron chi connectivity index (χ4n) is 0.770. The van der Waals surface area contributed by atoms with Gasteiger partial charge in [0.1, 0.15) is 0 Å². The van der Waals surface area contributed by atoms with Crippen LogP contribution in [0.3, 0.4) is 0 Å². The van der Waals surface area contributed by atoms with Crippen molar-refractivity contribution in [2.24, 2.45) is 0 Å². The number of likely N-dealkylation sites (N-methyl/N-ethyl adjacent to an activating group) is 1. The van der Waals surface area contributed by atoms with Gasteiger partial charge in [0, 0.05) is 6.54 Å². The molecule has 0 unspecified atom stereocenters. The normalized spacial score (nSPS) is 16.8. The topological polar surface area (TPSA) is 23.6 Å². The number of amides is 1. The van der Waals surface area contributed by atoms with Crippen molar-refractivity contribution in [1.82, 2.24) is 10.0 Å². The molecule has 1 aliphatic heterocycles. The van der Waals surface area contributed by atoms with Gasteiger partial charge in [0.15, 0.2) is 0 Å². The van der Waals surface area contributed by atoms with Crippen LogP contribution in [0.4, 0.5) is 4.48 Å². The van der Waals surface area contributed by atoms with Crippen molar-refractivity contribution in [3.05, 3.63) is 0 Å². The molecule has 0 aliphatic carbocycles. The second-order valence-corrected chi connectivity index (χ2v) is 2.22. The highest BCUT2D eigenvalue weighted by Gasteiger charge is 2.20. The molecule has 0 N–H and O–H groups in total. The number of carbonyl (C=O) groups is 1. The number of halogens is 1. The van der Waals surface area contributed by atoms with Crippen LogP contribution in [0.5, 0.6) is 0 Å². The van der Waals surface area contributed by atoms with Gasteiger partial charge in [-0.2, -0.15) is 5.12 Å². The van der Waals surface area contributed by atoms with Crippen molar-refractivity contribution in [2.75, 3.05) is 26.7 Å². The average Bonchev–Trinajstić information content (AvgIpc) is 2.18. The SMILES string of the molecule is CC.CC.CN1CCN(F)C(=O)C1. The molecule has 0 atom stereocenters. The maximum absolute atomic E-state index is 12.2. The zero-order valence-corrected chi connectivity index (χ0v) is 9.30. The first-order chi connectivity index (χ1) is 6.20. The Hall–Kier alpha value is -0.640. The van der Waals surface area contributed by atoms with Crippen LogP contribution in [-0.4, -0.2) is 42.6 Å². The Balaban J connectivity index is 0. The van der Waals surface area contributed by atoms with Crippen molar-refractivity contribution in [3.8, 4) is 0 Å². The van der Waals surface area contributed by atoms with Crippen LogP contribution in [0.2, 0.25) is 0 Å². The second kappa shape index (κ2) is 9.45. The Morgan fingerprint density at radius 2 is 1.62 bits per heavy atom. The van der Waals surface area contributed by atoms with Crippen LogP contribution in [0.1, 0.15) is 27.7 Å². The highest BCUT2D eigenvalue weighted by molar-refractivity contribution is 5.77. The number of piperazine rings is 1. The summed E-state index contributed by atoms with van der Waals surface area (Å²) in [7, 11) is 1.80. The maximum Gasteiger partial charge on any atom is 0.264 e. The predicted octanol–water partition coefficient (Wildman–Crippen LogP) is 1.70. The van der Waals surface area contributed by atoms with Crippen LogP contribution < -0.4 is 0 Å². The Labute approximate surface area is 80.4 Å². The van der Waals surface area contributed by atoms with E-state index in [1.807, 2.05) is 27.7 Å². The van der Waals surface area contributed by atoms with Gasteiger partial charge in [-0.15, -0.1) is 0 Å². The molecule has 0 aromatic heterocycles. The van der Waals surface area contributed by atoms with Crippen molar-refractivity contribution in [3.63, 3.8) is 0 Å². The van der Waals surface area contributed by atoms with Crippen LogP contribution in [0, 0.1) is 0 Å². The summed E-state index contributed by atoms with van der Waals surface area (Å²) in [4.78, 5) is 12.3. The number of nitrogens with zero attached hydrogens (tertiary/aromatic N) is 2. The van der Waals surface area contributed by atoms with Crippen LogP contribution >= 0.6 is 0 Å². The number of hydrogen-bond donors (Lipinski definition) is 0.